The second-order valence-electron chi connectivity index (χ2n) is 15.5. The quantitative estimate of drug-likeness (QED) is 0.165. The number of aliphatic hydroxyl groups is 1. The molecule has 2 saturated heterocycles. The molecular formula is C40H50F2N4O6. The number of rotatable bonds is 9. The Morgan fingerprint density at radius 2 is 1.92 bits per heavy atom. The fraction of sp³-hybridized carbons (Fsp3) is 0.550. The van der Waals surface area contributed by atoms with Crippen LogP contribution in [0.3, 0.4) is 0 Å². The third-order valence-corrected chi connectivity index (χ3v) is 12.4. The van der Waals surface area contributed by atoms with E-state index in [1.807, 2.05) is 48.4 Å². The molecule has 7 rings (SSSR count). The lowest BCUT2D eigenvalue weighted by Gasteiger charge is -2.54. The molecular weight excluding hydrogens is 670 g/mol. The number of para-hydroxylation sites is 1. The molecule has 0 bridgehead atoms. The standard InChI is InChI=1S/C40H50F2N4O6/c1-23(47)52-36-29-10-8-13-46-14-12-40(37(29)46)30-18-25(33(50-4)19-32(30)44(3)38(40)35(36)49)17-26(28-9-6-7-11-31(28)43)21-45-20-24(16-34(48)51-5)15-27(22-45)39(2,41)42/h6-11,17-19,24,27,29,35-38,49H,12-16,20-22,43H2,1-5H3/b26-17+/t24?,27?,29?,35?,36?,37?,38?,40-/m1/s1. The Morgan fingerprint density at radius 3 is 2.62 bits per heavy atom. The summed E-state index contributed by atoms with van der Waals surface area (Å²) in [6.07, 6.45) is 5.76. The summed E-state index contributed by atoms with van der Waals surface area (Å²) in [6.45, 7) is 4.89. The molecule has 10 nitrogen and oxygen atoms in total. The minimum absolute atomic E-state index is 0.00107. The van der Waals surface area contributed by atoms with Crippen molar-refractivity contribution in [2.24, 2.45) is 17.8 Å². The topological polar surface area (TPSA) is 118 Å². The first-order valence-corrected chi connectivity index (χ1v) is 18.2. The van der Waals surface area contributed by atoms with Crippen molar-refractivity contribution in [3.8, 4) is 5.75 Å². The van der Waals surface area contributed by atoms with E-state index in [1.165, 1.54) is 14.0 Å². The fourth-order valence-electron chi connectivity index (χ4n) is 10.3. The van der Waals surface area contributed by atoms with Crippen LogP contribution in [0.5, 0.6) is 5.75 Å². The Hall–Kier alpha value is -4.00. The van der Waals surface area contributed by atoms with Crippen molar-refractivity contribution in [3.63, 3.8) is 0 Å². The first kappa shape index (κ1) is 36.4. The highest BCUT2D eigenvalue weighted by Crippen LogP contribution is 2.61. The molecule has 0 aromatic heterocycles. The smallest absolute Gasteiger partial charge is 0.305 e. The SMILES string of the molecule is COC(=O)CC1CC(C(C)(F)F)CN(C/C(=C\c2cc3c(cc2OC)N(C)C2C(O)C(OC(C)=O)C4C=CCN5CC[C@]32C45)c2ccccc2N)C1. The average molecular weight is 721 g/mol. The third kappa shape index (κ3) is 6.16. The normalized spacial score (nSPS) is 31.5. The second-order valence-corrected chi connectivity index (χ2v) is 15.5. The summed E-state index contributed by atoms with van der Waals surface area (Å²) in [7, 11) is 4.93. The zero-order valence-electron chi connectivity index (χ0n) is 30.6. The minimum atomic E-state index is -2.92. The molecule has 2 aromatic rings. The number of ether oxygens (including phenoxy) is 3. The summed E-state index contributed by atoms with van der Waals surface area (Å²) in [5, 5.41) is 12.0. The lowest BCUT2D eigenvalue weighted by atomic mass is 9.58. The number of nitrogens with zero attached hydrogens (tertiary/aromatic N) is 3. The summed E-state index contributed by atoms with van der Waals surface area (Å²) >= 11 is 0. The summed E-state index contributed by atoms with van der Waals surface area (Å²) in [6, 6.07) is 11.4. The van der Waals surface area contributed by atoms with E-state index >= 15 is 0 Å². The number of nitrogen functional groups attached to an aromatic ring is 1. The minimum Gasteiger partial charge on any atom is -0.496 e. The van der Waals surface area contributed by atoms with Crippen molar-refractivity contribution < 1.29 is 37.7 Å². The third-order valence-electron chi connectivity index (χ3n) is 12.4. The van der Waals surface area contributed by atoms with Gasteiger partial charge in [-0.15, -0.1) is 0 Å². The van der Waals surface area contributed by atoms with Gasteiger partial charge in [-0.05, 0) is 61.6 Å². The molecule has 1 saturated carbocycles. The maximum atomic E-state index is 14.9. The average Bonchev–Trinajstić information content (AvgIpc) is 3.60. The largest absolute Gasteiger partial charge is 0.496 e. The van der Waals surface area contributed by atoms with Gasteiger partial charge in [0.15, 0.2) is 0 Å². The number of carbonyl (C=O) groups is 2. The van der Waals surface area contributed by atoms with Gasteiger partial charge in [0.2, 0.25) is 5.92 Å². The van der Waals surface area contributed by atoms with Crippen molar-refractivity contribution in [3.05, 3.63) is 65.2 Å². The molecule has 1 aliphatic carbocycles. The molecule has 280 valence electrons. The van der Waals surface area contributed by atoms with Gasteiger partial charge in [-0.3, -0.25) is 19.4 Å². The number of fused-ring (bicyclic) bond motifs is 1. The molecule has 4 aliphatic heterocycles. The van der Waals surface area contributed by atoms with Crippen LogP contribution in [-0.4, -0.2) is 111 Å². The summed E-state index contributed by atoms with van der Waals surface area (Å²) in [5.41, 5.74) is 11.2. The first-order valence-electron chi connectivity index (χ1n) is 18.2. The number of halogens is 2. The van der Waals surface area contributed by atoms with Crippen LogP contribution in [0, 0.1) is 17.8 Å². The van der Waals surface area contributed by atoms with E-state index in [4.69, 9.17) is 19.9 Å². The van der Waals surface area contributed by atoms with Crippen LogP contribution < -0.4 is 15.4 Å². The summed E-state index contributed by atoms with van der Waals surface area (Å²) in [4.78, 5) is 31.1. The molecule has 8 atom stereocenters. The predicted molar refractivity (Wildman–Crippen MR) is 195 cm³/mol. The fourth-order valence-corrected chi connectivity index (χ4v) is 10.3. The van der Waals surface area contributed by atoms with Gasteiger partial charge in [-0.2, -0.15) is 0 Å². The molecule has 1 spiro atoms. The van der Waals surface area contributed by atoms with Gasteiger partial charge < -0.3 is 30.0 Å². The van der Waals surface area contributed by atoms with Gasteiger partial charge in [0.1, 0.15) is 18.0 Å². The van der Waals surface area contributed by atoms with E-state index in [2.05, 4.69) is 28.0 Å². The molecule has 0 radical (unpaired) electrons. The molecule has 3 N–H and O–H groups in total. The van der Waals surface area contributed by atoms with Crippen LogP contribution in [0.25, 0.3) is 11.6 Å². The van der Waals surface area contributed by atoms with E-state index in [9.17, 15) is 23.5 Å². The number of esters is 2. The van der Waals surface area contributed by atoms with Crippen LogP contribution in [0.15, 0.2) is 48.6 Å². The van der Waals surface area contributed by atoms with E-state index in [0.29, 0.717) is 24.5 Å². The van der Waals surface area contributed by atoms with Gasteiger partial charge in [0.05, 0.1) is 20.3 Å². The Kier molecular flexibility index (Phi) is 9.63. The number of hydrogen-bond donors (Lipinski definition) is 2. The van der Waals surface area contributed by atoms with Crippen molar-refractivity contribution >= 4 is 35.0 Å². The van der Waals surface area contributed by atoms with E-state index < -0.39 is 41.4 Å². The molecule has 12 heteroatoms. The molecule has 0 amide bonds. The number of alkyl halides is 2. The molecule has 7 unspecified atom stereocenters. The number of benzene rings is 2. The number of carbonyl (C=O) groups excluding carboxylic acids is 2. The van der Waals surface area contributed by atoms with E-state index in [1.54, 1.807) is 7.11 Å². The zero-order valence-corrected chi connectivity index (χ0v) is 30.6. The molecule has 4 heterocycles. The number of likely N-dealkylation sites (N-methyl/N-ethyl adjacent to an activating group) is 1. The van der Waals surface area contributed by atoms with E-state index in [-0.39, 0.29) is 43.3 Å². The van der Waals surface area contributed by atoms with Gasteiger partial charge >= 0.3 is 11.9 Å². The first-order chi connectivity index (χ1) is 24.8. The molecule has 2 aromatic carbocycles. The molecule has 5 aliphatic rings. The van der Waals surface area contributed by atoms with Crippen LogP contribution in [-0.2, 0) is 24.5 Å². The van der Waals surface area contributed by atoms with Gasteiger partial charge in [-0.1, -0.05) is 30.4 Å². The van der Waals surface area contributed by atoms with Crippen molar-refractivity contribution in [1.29, 1.82) is 0 Å². The summed E-state index contributed by atoms with van der Waals surface area (Å²) in [5.74, 6) is -4.53. The monoisotopic (exact) mass is 720 g/mol. The molecule has 52 heavy (non-hydrogen) atoms. The number of nitrogens with two attached hydrogens (primary N) is 1. The van der Waals surface area contributed by atoms with Gasteiger partial charge in [0, 0.05) is 98.4 Å². The number of aliphatic hydroxyl groups excluding tert-OH is 1. The van der Waals surface area contributed by atoms with Crippen LogP contribution in [0.2, 0.25) is 0 Å². The lowest BCUT2D eigenvalue weighted by molar-refractivity contribution is -0.166. The van der Waals surface area contributed by atoms with Crippen LogP contribution >= 0.6 is 0 Å². The van der Waals surface area contributed by atoms with Crippen molar-refractivity contribution in [2.75, 3.05) is 64.6 Å². The highest BCUT2D eigenvalue weighted by molar-refractivity contribution is 5.89. The van der Waals surface area contributed by atoms with E-state index in [0.717, 1.165) is 54.4 Å². The Bertz CT molecular complexity index is 1780. The Balaban J connectivity index is 1.33. The highest BCUT2D eigenvalue weighted by atomic mass is 19.3. The Morgan fingerprint density at radius 1 is 1.15 bits per heavy atom. The van der Waals surface area contributed by atoms with Crippen LogP contribution in [0.4, 0.5) is 20.2 Å². The highest BCUT2D eigenvalue weighted by Gasteiger charge is 2.69. The number of methoxy groups -OCH3 is 2. The Labute approximate surface area is 304 Å². The van der Waals surface area contributed by atoms with Crippen molar-refractivity contribution in [1.82, 2.24) is 9.80 Å². The molecule has 3 fully saturated rings. The number of likely N-dealkylation sites (tertiary alicyclic amines) is 1. The number of hydrogen-bond acceptors (Lipinski definition) is 10. The zero-order chi connectivity index (χ0) is 37.1. The lowest BCUT2D eigenvalue weighted by Crippen LogP contribution is -2.69. The maximum Gasteiger partial charge on any atom is 0.305 e. The predicted octanol–water partition coefficient (Wildman–Crippen LogP) is 4.60. The summed E-state index contributed by atoms with van der Waals surface area (Å²) < 4.78 is 46.6. The maximum absolute atomic E-state index is 14.9. The number of anilines is 2. The van der Waals surface area contributed by atoms with Crippen molar-refractivity contribution in [2.45, 2.75) is 68.7 Å². The number of piperidine rings is 1. The second kappa shape index (κ2) is 13.8. The van der Waals surface area contributed by atoms with Crippen LogP contribution in [0.1, 0.15) is 49.8 Å². The van der Waals surface area contributed by atoms with Gasteiger partial charge in [-0.25, -0.2) is 8.78 Å². The van der Waals surface area contributed by atoms with Gasteiger partial charge in [0.25, 0.3) is 0 Å².